The number of rotatable bonds is 4. The van der Waals surface area contributed by atoms with Crippen molar-refractivity contribution in [3.8, 4) is 6.07 Å². The van der Waals surface area contributed by atoms with Crippen molar-refractivity contribution >= 4 is 23.5 Å². The standard InChI is InChI=1S/C20H27ClN2O3/c21-19-9-14-6-15(10-19)8-18(7-14,12-19)17(25)26-11-16(24)23-20(13-22)4-2-1-3-5-20/h14-15H,1-12H2,(H,23,24)/t14-,15+,18?,19?. The predicted molar refractivity (Wildman–Crippen MR) is 96.2 cm³/mol. The van der Waals surface area contributed by atoms with Crippen molar-refractivity contribution in [3.05, 3.63) is 0 Å². The summed E-state index contributed by atoms with van der Waals surface area (Å²) in [6, 6.07) is 2.26. The number of nitriles is 1. The Bertz CT molecular complexity index is 636. The fourth-order valence-electron chi connectivity index (χ4n) is 6.40. The molecular weight excluding hydrogens is 352 g/mol. The van der Waals surface area contributed by atoms with Gasteiger partial charge >= 0.3 is 5.97 Å². The van der Waals surface area contributed by atoms with Gasteiger partial charge in [0.05, 0.1) is 11.5 Å². The number of carbonyl (C=O) groups is 2. The van der Waals surface area contributed by atoms with Crippen LogP contribution in [0.1, 0.15) is 70.6 Å². The van der Waals surface area contributed by atoms with E-state index in [0.717, 1.165) is 44.9 Å². The van der Waals surface area contributed by atoms with Gasteiger partial charge in [0.25, 0.3) is 5.91 Å². The van der Waals surface area contributed by atoms with E-state index in [4.69, 9.17) is 16.3 Å². The Balaban J connectivity index is 1.35. The van der Waals surface area contributed by atoms with Crippen LogP contribution in [0.15, 0.2) is 0 Å². The summed E-state index contributed by atoms with van der Waals surface area (Å²) in [7, 11) is 0. The number of esters is 1. The average Bonchev–Trinajstić information content (AvgIpc) is 2.58. The normalized spacial score (nSPS) is 39.8. The molecule has 1 amide bonds. The SMILES string of the molecule is N#CC1(NC(=O)COC(=O)C23C[C@@H]4C[C@@H](CC(Cl)(C4)C2)C3)CCCCC1. The summed E-state index contributed by atoms with van der Waals surface area (Å²) in [5.74, 6) is 0.395. The molecule has 4 bridgehead atoms. The van der Waals surface area contributed by atoms with E-state index in [9.17, 15) is 14.9 Å². The Hall–Kier alpha value is -1.28. The molecule has 0 heterocycles. The molecule has 5 aliphatic carbocycles. The van der Waals surface area contributed by atoms with Gasteiger partial charge in [-0.2, -0.15) is 5.26 Å². The smallest absolute Gasteiger partial charge is 0.312 e. The number of halogens is 1. The van der Waals surface area contributed by atoms with Gasteiger partial charge in [-0.05, 0) is 63.2 Å². The molecule has 1 N–H and O–H groups in total. The van der Waals surface area contributed by atoms with Gasteiger partial charge in [-0.3, -0.25) is 9.59 Å². The summed E-state index contributed by atoms with van der Waals surface area (Å²) in [5.41, 5.74) is -1.29. The molecule has 5 fully saturated rings. The van der Waals surface area contributed by atoms with E-state index in [1.54, 1.807) is 0 Å². The van der Waals surface area contributed by atoms with Gasteiger partial charge in [0, 0.05) is 4.87 Å². The van der Waals surface area contributed by atoms with Crippen LogP contribution in [0.2, 0.25) is 0 Å². The van der Waals surface area contributed by atoms with Crippen molar-refractivity contribution in [2.24, 2.45) is 17.3 Å². The Morgan fingerprint density at radius 3 is 2.35 bits per heavy atom. The van der Waals surface area contributed by atoms with Crippen LogP contribution in [0, 0.1) is 28.6 Å². The minimum absolute atomic E-state index is 0.252. The molecule has 0 spiro atoms. The molecule has 26 heavy (non-hydrogen) atoms. The molecule has 142 valence electrons. The van der Waals surface area contributed by atoms with Crippen LogP contribution < -0.4 is 5.32 Å². The molecule has 0 aliphatic heterocycles. The van der Waals surface area contributed by atoms with Crippen molar-refractivity contribution in [3.63, 3.8) is 0 Å². The lowest BCUT2D eigenvalue weighted by Crippen LogP contribution is -2.56. The van der Waals surface area contributed by atoms with Crippen LogP contribution in [0.25, 0.3) is 0 Å². The highest BCUT2D eigenvalue weighted by atomic mass is 35.5. The molecule has 0 aromatic carbocycles. The second-order valence-electron chi connectivity index (χ2n) is 9.27. The van der Waals surface area contributed by atoms with E-state index in [-0.39, 0.29) is 23.4 Å². The van der Waals surface area contributed by atoms with Gasteiger partial charge in [-0.25, -0.2) is 0 Å². The number of amides is 1. The Morgan fingerprint density at radius 2 is 1.77 bits per heavy atom. The molecular formula is C20H27ClN2O3. The molecule has 5 saturated carbocycles. The largest absolute Gasteiger partial charge is 0.455 e. The maximum absolute atomic E-state index is 12.9. The van der Waals surface area contributed by atoms with Gasteiger partial charge in [0.1, 0.15) is 5.54 Å². The van der Waals surface area contributed by atoms with Crippen LogP contribution in [0.3, 0.4) is 0 Å². The minimum Gasteiger partial charge on any atom is -0.455 e. The number of ether oxygens (including phenoxy) is 1. The van der Waals surface area contributed by atoms with Crippen molar-refractivity contribution in [2.45, 2.75) is 81.0 Å². The molecule has 0 aromatic rings. The predicted octanol–water partition coefficient (Wildman–Crippen LogP) is 3.45. The first-order valence-corrected chi connectivity index (χ1v) is 10.3. The third-order valence-corrected chi connectivity index (χ3v) is 7.50. The number of carbonyl (C=O) groups excluding carboxylic acids is 2. The van der Waals surface area contributed by atoms with Crippen molar-refractivity contribution in [1.82, 2.24) is 5.32 Å². The van der Waals surface area contributed by atoms with E-state index in [0.29, 0.717) is 31.1 Å². The average molecular weight is 379 g/mol. The lowest BCUT2D eigenvalue weighted by Gasteiger charge is -2.58. The monoisotopic (exact) mass is 378 g/mol. The summed E-state index contributed by atoms with van der Waals surface area (Å²) >= 11 is 6.77. The van der Waals surface area contributed by atoms with Gasteiger partial charge in [-0.1, -0.05) is 19.3 Å². The van der Waals surface area contributed by atoms with Gasteiger partial charge < -0.3 is 10.1 Å². The molecule has 0 saturated heterocycles. The number of nitrogens with one attached hydrogen (secondary N) is 1. The lowest BCUT2D eigenvalue weighted by molar-refractivity contribution is -0.172. The van der Waals surface area contributed by atoms with E-state index < -0.39 is 11.0 Å². The summed E-state index contributed by atoms with van der Waals surface area (Å²) < 4.78 is 5.45. The quantitative estimate of drug-likeness (QED) is 0.600. The summed E-state index contributed by atoms with van der Waals surface area (Å²) in [5, 5.41) is 12.3. The van der Waals surface area contributed by atoms with E-state index in [1.807, 2.05) is 0 Å². The zero-order valence-electron chi connectivity index (χ0n) is 15.2. The highest BCUT2D eigenvalue weighted by Gasteiger charge is 2.60. The van der Waals surface area contributed by atoms with Gasteiger partial charge in [0.2, 0.25) is 0 Å². The molecule has 2 unspecified atom stereocenters. The molecule has 0 aromatic heterocycles. The maximum atomic E-state index is 12.9. The van der Waals surface area contributed by atoms with Crippen LogP contribution in [0.4, 0.5) is 0 Å². The zero-order chi connectivity index (χ0) is 18.4. The van der Waals surface area contributed by atoms with Crippen molar-refractivity contribution < 1.29 is 14.3 Å². The fourth-order valence-corrected chi connectivity index (χ4v) is 7.09. The van der Waals surface area contributed by atoms with Crippen LogP contribution in [-0.4, -0.2) is 28.9 Å². The lowest BCUT2D eigenvalue weighted by atomic mass is 9.49. The number of nitrogens with zero attached hydrogens (tertiary/aromatic N) is 1. The Morgan fingerprint density at radius 1 is 1.12 bits per heavy atom. The highest BCUT2D eigenvalue weighted by Crippen LogP contribution is 2.64. The highest BCUT2D eigenvalue weighted by molar-refractivity contribution is 6.24. The van der Waals surface area contributed by atoms with E-state index in [1.165, 1.54) is 6.42 Å². The Kier molecular flexibility index (Phi) is 4.46. The van der Waals surface area contributed by atoms with Crippen molar-refractivity contribution in [1.29, 1.82) is 5.26 Å². The van der Waals surface area contributed by atoms with Gasteiger partial charge in [-0.15, -0.1) is 11.6 Å². The molecule has 4 atom stereocenters. The van der Waals surface area contributed by atoms with E-state index >= 15 is 0 Å². The van der Waals surface area contributed by atoms with Crippen LogP contribution in [0.5, 0.6) is 0 Å². The molecule has 6 heteroatoms. The second-order valence-corrected chi connectivity index (χ2v) is 10.1. The fraction of sp³-hybridized carbons (Fsp3) is 0.850. The summed E-state index contributed by atoms with van der Waals surface area (Å²) in [4.78, 5) is 24.9. The third-order valence-electron chi connectivity index (χ3n) is 7.06. The summed E-state index contributed by atoms with van der Waals surface area (Å²) in [6.45, 7) is -0.297. The van der Waals surface area contributed by atoms with Crippen LogP contribution >= 0.6 is 11.6 Å². The molecule has 5 rings (SSSR count). The van der Waals surface area contributed by atoms with Crippen LogP contribution in [-0.2, 0) is 14.3 Å². The number of hydrogen-bond acceptors (Lipinski definition) is 4. The number of alkyl halides is 1. The molecule has 0 radical (unpaired) electrons. The third kappa shape index (κ3) is 3.22. The first-order valence-electron chi connectivity index (χ1n) is 9.95. The van der Waals surface area contributed by atoms with Crippen molar-refractivity contribution in [2.75, 3.05) is 6.61 Å². The van der Waals surface area contributed by atoms with E-state index in [2.05, 4.69) is 11.4 Å². The molecule has 5 aliphatic rings. The minimum atomic E-state index is -0.789. The second kappa shape index (κ2) is 6.41. The first kappa shape index (κ1) is 18.1. The number of hydrogen-bond donors (Lipinski definition) is 1. The zero-order valence-corrected chi connectivity index (χ0v) is 15.9. The maximum Gasteiger partial charge on any atom is 0.312 e. The first-order chi connectivity index (χ1) is 12.4. The topological polar surface area (TPSA) is 79.2 Å². The molecule has 5 nitrogen and oxygen atoms in total. The Labute approximate surface area is 159 Å². The summed E-state index contributed by atoms with van der Waals surface area (Å²) in [6.07, 6.45) is 9.88. The van der Waals surface area contributed by atoms with Gasteiger partial charge in [0.15, 0.2) is 6.61 Å².